The van der Waals surface area contributed by atoms with Crippen LogP contribution in [0.5, 0.6) is 5.75 Å². The minimum Gasteiger partial charge on any atom is -0.480 e. The van der Waals surface area contributed by atoms with E-state index in [2.05, 4.69) is 0 Å². The van der Waals surface area contributed by atoms with Gasteiger partial charge in [0.25, 0.3) is 0 Å². The third kappa shape index (κ3) is 5.14. The first-order chi connectivity index (χ1) is 14.4. The van der Waals surface area contributed by atoms with Crippen molar-refractivity contribution in [2.75, 3.05) is 13.2 Å². The van der Waals surface area contributed by atoms with Gasteiger partial charge in [0.1, 0.15) is 36.8 Å². The van der Waals surface area contributed by atoms with E-state index in [0.29, 0.717) is 11.3 Å². The maximum absolute atomic E-state index is 10.6. The van der Waals surface area contributed by atoms with Crippen molar-refractivity contribution in [1.82, 2.24) is 0 Å². The first-order valence-electron chi connectivity index (χ1n) is 9.35. The lowest BCUT2D eigenvalue weighted by Gasteiger charge is -2.39. The first-order valence-corrected chi connectivity index (χ1v) is 9.35. The minimum absolute atomic E-state index is 0.121. The van der Waals surface area contributed by atoms with Crippen LogP contribution in [0.3, 0.4) is 0 Å². The van der Waals surface area contributed by atoms with Gasteiger partial charge >= 0.3 is 5.97 Å². The zero-order chi connectivity index (χ0) is 21.7. The Hall–Kier alpha value is -2.53. The molecule has 0 unspecified atom stereocenters. The summed E-state index contributed by atoms with van der Waals surface area (Å²) < 4.78 is 16.3. The standard InChI is InChI=1S/C21H24O9/c22-9-16-18(25)19(26)20(27)21(30-16)29-15-7-2-1-6-14(15)13-5-3-4-12(8-13)10-28-11-17(23)24/h1-8,16,18-22,25-27H,9-11H2,(H,23,24)/t16-,18-,19+,20+,21+/m1/s1. The molecule has 0 radical (unpaired) electrons. The molecule has 0 amide bonds. The summed E-state index contributed by atoms with van der Waals surface area (Å²) in [5.41, 5.74) is 2.18. The fourth-order valence-electron chi connectivity index (χ4n) is 3.18. The van der Waals surface area contributed by atoms with E-state index in [4.69, 9.17) is 19.3 Å². The maximum atomic E-state index is 10.6. The minimum atomic E-state index is -1.54. The monoisotopic (exact) mass is 420 g/mol. The Morgan fingerprint density at radius 3 is 2.50 bits per heavy atom. The number of benzene rings is 2. The van der Waals surface area contributed by atoms with E-state index in [1.165, 1.54) is 0 Å². The summed E-state index contributed by atoms with van der Waals surface area (Å²) in [6.07, 6.45) is -6.91. The van der Waals surface area contributed by atoms with E-state index in [1.807, 2.05) is 12.1 Å². The van der Waals surface area contributed by atoms with Gasteiger partial charge in [0.05, 0.1) is 13.2 Å². The summed E-state index contributed by atoms with van der Waals surface area (Å²) in [5, 5.41) is 48.1. The largest absolute Gasteiger partial charge is 0.480 e. The Kier molecular flexibility index (Phi) is 7.38. The molecule has 1 fully saturated rings. The van der Waals surface area contributed by atoms with Crippen LogP contribution in [0.1, 0.15) is 5.56 Å². The molecule has 30 heavy (non-hydrogen) atoms. The van der Waals surface area contributed by atoms with Crippen LogP contribution in [-0.4, -0.2) is 75.4 Å². The summed E-state index contributed by atoms with van der Waals surface area (Å²) in [5.74, 6) is -0.699. The normalized spacial score (nSPS) is 26.3. The van der Waals surface area contributed by atoms with Crippen molar-refractivity contribution < 1.29 is 44.5 Å². The van der Waals surface area contributed by atoms with E-state index in [0.717, 1.165) is 11.1 Å². The van der Waals surface area contributed by atoms with Gasteiger partial charge in [-0.15, -0.1) is 0 Å². The average Bonchev–Trinajstić information content (AvgIpc) is 2.74. The quantitative estimate of drug-likeness (QED) is 0.402. The van der Waals surface area contributed by atoms with Crippen LogP contribution in [0, 0.1) is 0 Å². The lowest BCUT2D eigenvalue weighted by Crippen LogP contribution is -2.60. The molecule has 0 aromatic heterocycles. The molecule has 2 aromatic rings. The lowest BCUT2D eigenvalue weighted by molar-refractivity contribution is -0.277. The molecule has 5 N–H and O–H groups in total. The Balaban J connectivity index is 1.80. The van der Waals surface area contributed by atoms with Crippen molar-refractivity contribution in [3.63, 3.8) is 0 Å². The molecule has 1 heterocycles. The smallest absolute Gasteiger partial charge is 0.329 e. The van der Waals surface area contributed by atoms with Crippen molar-refractivity contribution in [3.8, 4) is 16.9 Å². The lowest BCUT2D eigenvalue weighted by atomic mass is 9.99. The van der Waals surface area contributed by atoms with Crippen LogP contribution in [0.2, 0.25) is 0 Å². The summed E-state index contributed by atoms with van der Waals surface area (Å²) in [7, 11) is 0. The summed E-state index contributed by atoms with van der Waals surface area (Å²) in [6, 6.07) is 14.2. The molecule has 3 rings (SSSR count). The highest BCUT2D eigenvalue weighted by Gasteiger charge is 2.44. The molecule has 0 spiro atoms. The molecule has 1 saturated heterocycles. The Morgan fingerprint density at radius 2 is 1.77 bits per heavy atom. The number of carbonyl (C=O) groups is 1. The number of hydrogen-bond donors (Lipinski definition) is 5. The number of hydrogen-bond acceptors (Lipinski definition) is 8. The Bertz CT molecular complexity index is 854. The van der Waals surface area contributed by atoms with Crippen LogP contribution in [0.15, 0.2) is 48.5 Å². The van der Waals surface area contributed by atoms with Crippen LogP contribution in [-0.2, 0) is 20.9 Å². The highest BCUT2D eigenvalue weighted by Crippen LogP contribution is 2.33. The van der Waals surface area contributed by atoms with E-state index in [-0.39, 0.29) is 6.61 Å². The molecule has 9 nitrogen and oxygen atoms in total. The number of rotatable bonds is 8. The molecule has 1 aliphatic heterocycles. The number of carboxylic acids is 1. The topological polar surface area (TPSA) is 146 Å². The number of ether oxygens (including phenoxy) is 3. The van der Waals surface area contributed by atoms with Crippen LogP contribution in [0.25, 0.3) is 11.1 Å². The van der Waals surface area contributed by atoms with E-state index in [9.17, 15) is 25.2 Å². The fourth-order valence-corrected chi connectivity index (χ4v) is 3.18. The molecule has 1 aliphatic rings. The summed E-state index contributed by atoms with van der Waals surface area (Å²) >= 11 is 0. The van der Waals surface area contributed by atoms with Crippen LogP contribution >= 0.6 is 0 Å². The molecule has 2 aromatic carbocycles. The second kappa shape index (κ2) is 9.98. The number of aliphatic hydroxyl groups excluding tert-OH is 4. The van der Waals surface area contributed by atoms with Gasteiger partial charge in [0.15, 0.2) is 0 Å². The SMILES string of the molecule is O=C(O)COCc1cccc(-c2ccccc2O[C@H]2O[C@H](CO)[C@@H](O)[C@H](O)[C@@H]2O)c1. The Morgan fingerprint density at radius 1 is 1.00 bits per heavy atom. The molecule has 0 saturated carbocycles. The van der Waals surface area contributed by atoms with Crippen LogP contribution < -0.4 is 4.74 Å². The summed E-state index contributed by atoms with van der Waals surface area (Å²) in [4.78, 5) is 10.6. The Labute approximate surface area is 172 Å². The molecular formula is C21H24O9. The predicted molar refractivity (Wildman–Crippen MR) is 104 cm³/mol. The average molecular weight is 420 g/mol. The number of aliphatic carboxylic acids is 1. The highest BCUT2D eigenvalue weighted by molar-refractivity contribution is 5.71. The van der Waals surface area contributed by atoms with Gasteiger partial charge in [-0.1, -0.05) is 36.4 Å². The van der Waals surface area contributed by atoms with Crippen molar-refractivity contribution in [2.24, 2.45) is 0 Å². The molecule has 9 heteroatoms. The molecule has 162 valence electrons. The van der Waals surface area contributed by atoms with Gasteiger partial charge in [-0.2, -0.15) is 0 Å². The fraction of sp³-hybridized carbons (Fsp3) is 0.381. The van der Waals surface area contributed by atoms with Crippen molar-refractivity contribution in [2.45, 2.75) is 37.3 Å². The van der Waals surface area contributed by atoms with Gasteiger partial charge in [0, 0.05) is 5.56 Å². The van der Waals surface area contributed by atoms with E-state index < -0.39 is 49.9 Å². The third-order valence-electron chi connectivity index (χ3n) is 4.71. The first kappa shape index (κ1) is 22.2. The van der Waals surface area contributed by atoms with Crippen molar-refractivity contribution in [3.05, 3.63) is 54.1 Å². The van der Waals surface area contributed by atoms with Gasteiger partial charge in [0.2, 0.25) is 6.29 Å². The molecular weight excluding hydrogens is 396 g/mol. The molecule has 5 atom stereocenters. The number of para-hydroxylation sites is 1. The number of aliphatic hydroxyl groups is 4. The van der Waals surface area contributed by atoms with Crippen LogP contribution in [0.4, 0.5) is 0 Å². The van der Waals surface area contributed by atoms with Gasteiger partial charge < -0.3 is 39.7 Å². The summed E-state index contributed by atoms with van der Waals surface area (Å²) in [6.45, 7) is -0.832. The molecule has 0 bridgehead atoms. The van der Waals surface area contributed by atoms with Gasteiger partial charge in [-0.25, -0.2) is 4.79 Å². The number of carboxylic acid groups (broad SMARTS) is 1. The highest BCUT2D eigenvalue weighted by atomic mass is 16.7. The zero-order valence-electron chi connectivity index (χ0n) is 16.0. The van der Waals surface area contributed by atoms with Gasteiger partial charge in [-0.3, -0.25) is 0 Å². The van der Waals surface area contributed by atoms with Crippen molar-refractivity contribution in [1.29, 1.82) is 0 Å². The van der Waals surface area contributed by atoms with Gasteiger partial charge in [-0.05, 0) is 23.3 Å². The maximum Gasteiger partial charge on any atom is 0.329 e. The zero-order valence-corrected chi connectivity index (χ0v) is 16.0. The van der Waals surface area contributed by atoms with E-state index in [1.54, 1.807) is 36.4 Å². The second-order valence-corrected chi connectivity index (χ2v) is 6.90. The molecule has 0 aliphatic carbocycles. The second-order valence-electron chi connectivity index (χ2n) is 6.90. The van der Waals surface area contributed by atoms with Crippen molar-refractivity contribution >= 4 is 5.97 Å². The predicted octanol–water partition coefficient (Wildman–Crippen LogP) is 0.133. The third-order valence-corrected chi connectivity index (χ3v) is 4.71. The van der Waals surface area contributed by atoms with E-state index >= 15 is 0 Å².